The average Bonchev–Trinajstić information content (AvgIpc) is 2.71. The molecule has 0 aromatic heterocycles. The van der Waals surface area contributed by atoms with Gasteiger partial charge in [-0.15, -0.1) is 0 Å². The van der Waals surface area contributed by atoms with Gasteiger partial charge in [-0.1, -0.05) is 6.92 Å². The van der Waals surface area contributed by atoms with Gasteiger partial charge in [0.2, 0.25) is 0 Å². The van der Waals surface area contributed by atoms with Gasteiger partial charge in [-0.2, -0.15) is 0 Å². The van der Waals surface area contributed by atoms with Gasteiger partial charge in [0.1, 0.15) is 5.76 Å². The first-order valence-electron chi connectivity index (χ1n) is 6.45. The monoisotopic (exact) mass is 282 g/mol. The van der Waals surface area contributed by atoms with Crippen molar-refractivity contribution in [1.82, 2.24) is 0 Å². The van der Waals surface area contributed by atoms with Gasteiger partial charge >= 0.3 is 17.9 Å². The lowest BCUT2D eigenvalue weighted by Gasteiger charge is -2.29. The molecule has 0 aromatic carbocycles. The molecule has 2 aliphatic rings. The number of carbonyl (C=O) groups is 3. The van der Waals surface area contributed by atoms with Gasteiger partial charge in [0, 0.05) is 0 Å². The third-order valence-corrected chi connectivity index (χ3v) is 4.42. The Bertz CT molecular complexity index is 476. The van der Waals surface area contributed by atoms with E-state index in [-0.39, 0.29) is 12.3 Å². The summed E-state index contributed by atoms with van der Waals surface area (Å²) in [5.41, 5.74) is -1.45. The van der Waals surface area contributed by atoms with Crippen molar-refractivity contribution in [3.05, 3.63) is 11.8 Å². The minimum Gasteiger partial charge on any atom is -0.468 e. The Labute approximate surface area is 117 Å². The van der Waals surface area contributed by atoms with Crippen LogP contribution < -0.4 is 0 Å². The molecule has 1 aliphatic heterocycles. The molecule has 20 heavy (non-hydrogen) atoms. The SMILES string of the molecule is COC(=O)C1(C(=O)OC)C[C@H]2C=C(C)OC(=O)[C@H]2[C@@H]1C. The summed E-state index contributed by atoms with van der Waals surface area (Å²) in [4.78, 5) is 36.4. The van der Waals surface area contributed by atoms with Gasteiger partial charge in [0.05, 0.1) is 20.1 Å². The summed E-state index contributed by atoms with van der Waals surface area (Å²) in [7, 11) is 2.45. The molecule has 0 bridgehead atoms. The Hall–Kier alpha value is -1.85. The van der Waals surface area contributed by atoms with Crippen LogP contribution in [0, 0.1) is 23.2 Å². The fourth-order valence-corrected chi connectivity index (χ4v) is 3.45. The van der Waals surface area contributed by atoms with Crippen LogP contribution in [0.4, 0.5) is 0 Å². The lowest BCUT2D eigenvalue weighted by Crippen LogP contribution is -2.45. The quantitative estimate of drug-likeness (QED) is 0.428. The molecular weight excluding hydrogens is 264 g/mol. The smallest absolute Gasteiger partial charge is 0.323 e. The molecule has 1 saturated carbocycles. The van der Waals surface area contributed by atoms with Crippen LogP contribution in [0.2, 0.25) is 0 Å². The molecular formula is C14H18O6. The van der Waals surface area contributed by atoms with Crippen LogP contribution in [0.5, 0.6) is 0 Å². The van der Waals surface area contributed by atoms with Gasteiger partial charge in [0.15, 0.2) is 5.41 Å². The van der Waals surface area contributed by atoms with E-state index < -0.39 is 35.2 Å². The van der Waals surface area contributed by atoms with Crippen LogP contribution in [0.15, 0.2) is 11.8 Å². The molecule has 1 aliphatic carbocycles. The Kier molecular flexibility index (Phi) is 3.58. The zero-order chi connectivity index (χ0) is 15.1. The highest BCUT2D eigenvalue weighted by molar-refractivity contribution is 6.02. The maximum atomic E-state index is 12.2. The Morgan fingerprint density at radius 2 is 1.85 bits per heavy atom. The summed E-state index contributed by atoms with van der Waals surface area (Å²) < 4.78 is 14.7. The maximum Gasteiger partial charge on any atom is 0.323 e. The molecule has 1 heterocycles. The topological polar surface area (TPSA) is 78.9 Å². The van der Waals surface area contributed by atoms with E-state index in [0.29, 0.717) is 5.76 Å². The van der Waals surface area contributed by atoms with E-state index in [1.54, 1.807) is 19.9 Å². The van der Waals surface area contributed by atoms with Crippen molar-refractivity contribution in [2.45, 2.75) is 20.3 Å². The van der Waals surface area contributed by atoms with E-state index in [4.69, 9.17) is 14.2 Å². The van der Waals surface area contributed by atoms with Crippen LogP contribution in [-0.4, -0.2) is 32.1 Å². The van der Waals surface area contributed by atoms with Crippen molar-refractivity contribution in [1.29, 1.82) is 0 Å². The Balaban J connectivity index is 2.49. The summed E-state index contributed by atoms with van der Waals surface area (Å²) >= 11 is 0. The van der Waals surface area contributed by atoms with Gasteiger partial charge < -0.3 is 14.2 Å². The highest BCUT2D eigenvalue weighted by Gasteiger charge is 2.64. The van der Waals surface area contributed by atoms with Gasteiger partial charge in [-0.05, 0) is 31.3 Å². The molecule has 0 spiro atoms. The first-order valence-corrected chi connectivity index (χ1v) is 6.45. The number of cyclic esters (lactones) is 1. The van der Waals surface area contributed by atoms with Crippen molar-refractivity contribution >= 4 is 17.9 Å². The summed E-state index contributed by atoms with van der Waals surface area (Å²) in [6.45, 7) is 3.36. The third-order valence-electron chi connectivity index (χ3n) is 4.42. The lowest BCUT2D eigenvalue weighted by molar-refractivity contribution is -0.172. The van der Waals surface area contributed by atoms with E-state index in [1.165, 1.54) is 14.2 Å². The van der Waals surface area contributed by atoms with E-state index >= 15 is 0 Å². The fourth-order valence-electron chi connectivity index (χ4n) is 3.45. The highest BCUT2D eigenvalue weighted by atomic mass is 16.5. The molecule has 0 saturated heterocycles. The molecule has 0 unspecified atom stereocenters. The van der Waals surface area contributed by atoms with Crippen LogP contribution >= 0.6 is 0 Å². The number of fused-ring (bicyclic) bond motifs is 1. The second-order valence-corrected chi connectivity index (χ2v) is 5.34. The molecule has 6 nitrogen and oxygen atoms in total. The molecule has 2 rings (SSSR count). The number of carbonyl (C=O) groups excluding carboxylic acids is 3. The van der Waals surface area contributed by atoms with Crippen molar-refractivity contribution < 1.29 is 28.6 Å². The lowest BCUT2D eigenvalue weighted by atomic mass is 9.76. The predicted octanol–water partition coefficient (Wildman–Crippen LogP) is 1.05. The fraction of sp³-hybridized carbons (Fsp3) is 0.643. The first kappa shape index (κ1) is 14.6. The van der Waals surface area contributed by atoms with Gasteiger partial charge in [-0.25, -0.2) is 0 Å². The second-order valence-electron chi connectivity index (χ2n) is 5.34. The number of hydrogen-bond acceptors (Lipinski definition) is 6. The van der Waals surface area contributed by atoms with Crippen molar-refractivity contribution in [3.63, 3.8) is 0 Å². The van der Waals surface area contributed by atoms with Gasteiger partial charge in [-0.3, -0.25) is 14.4 Å². The third kappa shape index (κ3) is 1.82. The van der Waals surface area contributed by atoms with Crippen LogP contribution in [-0.2, 0) is 28.6 Å². The van der Waals surface area contributed by atoms with E-state index in [0.717, 1.165) is 0 Å². The zero-order valence-electron chi connectivity index (χ0n) is 12.0. The second kappa shape index (κ2) is 4.92. The minimum atomic E-state index is -1.45. The molecule has 0 N–H and O–H groups in total. The number of esters is 3. The Morgan fingerprint density at radius 1 is 1.30 bits per heavy atom. The van der Waals surface area contributed by atoms with E-state index in [1.807, 2.05) is 0 Å². The minimum absolute atomic E-state index is 0.199. The van der Waals surface area contributed by atoms with Crippen molar-refractivity contribution in [2.24, 2.45) is 23.2 Å². The summed E-state index contributed by atoms with van der Waals surface area (Å²) in [6.07, 6.45) is 1.99. The van der Waals surface area contributed by atoms with Gasteiger partial charge in [0.25, 0.3) is 0 Å². The molecule has 0 radical (unpaired) electrons. The van der Waals surface area contributed by atoms with Crippen LogP contribution in [0.1, 0.15) is 20.3 Å². The molecule has 6 heteroatoms. The zero-order valence-corrected chi connectivity index (χ0v) is 12.0. The molecule has 1 fully saturated rings. The number of rotatable bonds is 2. The van der Waals surface area contributed by atoms with Crippen molar-refractivity contribution in [2.75, 3.05) is 14.2 Å². The van der Waals surface area contributed by atoms with Crippen LogP contribution in [0.25, 0.3) is 0 Å². The first-order chi connectivity index (χ1) is 9.38. The number of methoxy groups -OCH3 is 2. The van der Waals surface area contributed by atoms with E-state index in [9.17, 15) is 14.4 Å². The largest absolute Gasteiger partial charge is 0.468 e. The molecule has 0 amide bonds. The molecule has 3 atom stereocenters. The molecule has 110 valence electrons. The number of hydrogen-bond donors (Lipinski definition) is 0. The van der Waals surface area contributed by atoms with Crippen LogP contribution in [0.3, 0.4) is 0 Å². The van der Waals surface area contributed by atoms with Crippen molar-refractivity contribution in [3.8, 4) is 0 Å². The highest BCUT2D eigenvalue weighted by Crippen LogP contribution is 2.54. The predicted molar refractivity (Wildman–Crippen MR) is 67.1 cm³/mol. The Morgan fingerprint density at radius 3 is 2.35 bits per heavy atom. The number of allylic oxidation sites excluding steroid dienone is 2. The summed E-state index contributed by atoms with van der Waals surface area (Å²) in [5.74, 6) is -2.52. The summed E-state index contributed by atoms with van der Waals surface area (Å²) in [6, 6.07) is 0. The maximum absolute atomic E-state index is 12.2. The number of ether oxygens (including phenoxy) is 3. The normalized spacial score (nSPS) is 30.9. The van der Waals surface area contributed by atoms with E-state index in [2.05, 4.69) is 0 Å². The standard InChI is InChI=1S/C14H18O6/c1-7-5-9-6-14(12(16)18-3,13(17)19-4)8(2)10(9)11(15)20-7/h5,8-10H,6H2,1-4H3/t8-,9+,10-/m0/s1. The molecule has 0 aromatic rings. The summed E-state index contributed by atoms with van der Waals surface area (Å²) in [5, 5.41) is 0. The average molecular weight is 282 g/mol.